The van der Waals surface area contributed by atoms with Crippen LogP contribution in [-0.4, -0.2) is 52.2 Å². The van der Waals surface area contributed by atoms with Crippen molar-refractivity contribution >= 4 is 32.9 Å². The Labute approximate surface area is 246 Å². The highest BCUT2D eigenvalue weighted by atomic mass is 35.5. The number of aliphatic hydroxyl groups excluding tert-OH is 1. The molecule has 0 aliphatic heterocycles. The summed E-state index contributed by atoms with van der Waals surface area (Å²) in [5.74, 6) is -0.819. The van der Waals surface area contributed by atoms with Crippen molar-refractivity contribution in [3.63, 3.8) is 0 Å². The number of ketones is 1. The van der Waals surface area contributed by atoms with Gasteiger partial charge in [0.15, 0.2) is 15.6 Å². The summed E-state index contributed by atoms with van der Waals surface area (Å²) in [6.45, 7) is -0.377. The van der Waals surface area contributed by atoms with Crippen molar-refractivity contribution in [1.82, 2.24) is 0 Å². The number of aliphatic hydroxyl groups is 1. The number of halogens is 4. The van der Waals surface area contributed by atoms with Gasteiger partial charge in [-0.15, -0.1) is 13.2 Å². The van der Waals surface area contributed by atoms with Gasteiger partial charge in [0, 0.05) is 34.5 Å². The first-order chi connectivity index (χ1) is 19.8. The number of nitrogens with one attached hydrogen (secondary N) is 1. The van der Waals surface area contributed by atoms with E-state index in [0.717, 1.165) is 11.8 Å². The van der Waals surface area contributed by atoms with Crippen LogP contribution in [0.2, 0.25) is 5.02 Å². The van der Waals surface area contributed by atoms with Gasteiger partial charge >= 0.3 is 6.36 Å². The van der Waals surface area contributed by atoms with Crippen LogP contribution in [0.15, 0.2) is 59.5 Å². The maximum absolute atomic E-state index is 14.2. The lowest BCUT2D eigenvalue weighted by atomic mass is 9.78. The second-order valence-corrected chi connectivity index (χ2v) is 12.3. The molecule has 1 aliphatic rings. The number of hydrogen-bond acceptors (Lipinski definition) is 8. The number of benzene rings is 3. The summed E-state index contributed by atoms with van der Waals surface area (Å²) in [5, 5.41) is 12.8. The molecule has 0 radical (unpaired) electrons. The standard InChI is InChI=1S/C29H29ClF3NO7S/c1-39-23-14-21(15-24(16-23)42(2,37)38)34-27(25-8-6-20(30)13-26(25)40-10-9-35)28(36)18-4-3-17-5-7-22(12-19(17)11-18)41-29(31,32)33/h5-8,12-16,18,27,34-35H,3-4,9-11H2,1-2H3. The van der Waals surface area contributed by atoms with E-state index < -0.39 is 28.2 Å². The smallest absolute Gasteiger partial charge is 0.497 e. The highest BCUT2D eigenvalue weighted by Crippen LogP contribution is 2.38. The highest BCUT2D eigenvalue weighted by Gasteiger charge is 2.35. The van der Waals surface area contributed by atoms with E-state index >= 15 is 0 Å². The second kappa shape index (κ2) is 12.8. The quantitative estimate of drug-likeness (QED) is 0.285. The van der Waals surface area contributed by atoms with Crippen LogP contribution in [0.1, 0.15) is 29.2 Å². The third-order valence-electron chi connectivity index (χ3n) is 6.82. The molecule has 0 saturated heterocycles. The first-order valence-corrected chi connectivity index (χ1v) is 15.1. The number of Topliss-reactive ketones (excluding diaryl/α,β-unsaturated/α-hetero) is 1. The molecule has 8 nitrogen and oxygen atoms in total. The van der Waals surface area contributed by atoms with Gasteiger partial charge in [-0.2, -0.15) is 0 Å². The van der Waals surface area contributed by atoms with Crippen LogP contribution < -0.4 is 19.5 Å². The fourth-order valence-electron chi connectivity index (χ4n) is 4.89. The van der Waals surface area contributed by atoms with Gasteiger partial charge in [-0.05, 0) is 66.8 Å². The summed E-state index contributed by atoms with van der Waals surface area (Å²) in [7, 11) is -2.26. The van der Waals surface area contributed by atoms with Crippen LogP contribution in [0.5, 0.6) is 17.2 Å². The van der Waals surface area contributed by atoms with Crippen LogP contribution in [0.25, 0.3) is 0 Å². The zero-order valence-electron chi connectivity index (χ0n) is 22.7. The fraction of sp³-hybridized carbons (Fsp3) is 0.345. The van der Waals surface area contributed by atoms with E-state index in [1.165, 1.54) is 43.5 Å². The molecule has 3 aromatic rings. The predicted molar refractivity (Wildman–Crippen MR) is 150 cm³/mol. The van der Waals surface area contributed by atoms with Crippen molar-refractivity contribution in [3.05, 3.63) is 76.3 Å². The van der Waals surface area contributed by atoms with Gasteiger partial charge in [-0.3, -0.25) is 4.79 Å². The fourth-order valence-corrected chi connectivity index (χ4v) is 5.73. The molecular formula is C29H29ClF3NO7S. The molecule has 0 spiro atoms. The summed E-state index contributed by atoms with van der Waals surface area (Å²) in [6, 6.07) is 11.9. The van der Waals surface area contributed by atoms with Crippen LogP contribution in [0, 0.1) is 5.92 Å². The Balaban J connectivity index is 1.74. The Morgan fingerprint density at radius 2 is 1.86 bits per heavy atom. The maximum Gasteiger partial charge on any atom is 0.573 e. The zero-order valence-corrected chi connectivity index (χ0v) is 24.3. The van der Waals surface area contributed by atoms with E-state index in [9.17, 15) is 31.5 Å². The molecule has 0 bridgehead atoms. The lowest BCUT2D eigenvalue weighted by Crippen LogP contribution is -2.32. The van der Waals surface area contributed by atoms with Crippen LogP contribution >= 0.6 is 11.6 Å². The molecule has 13 heteroatoms. The number of aryl methyl sites for hydroxylation is 1. The molecule has 2 atom stereocenters. The molecule has 2 N–H and O–H groups in total. The molecule has 226 valence electrons. The van der Waals surface area contributed by atoms with Gasteiger partial charge in [-0.1, -0.05) is 23.7 Å². The van der Waals surface area contributed by atoms with Gasteiger partial charge in [0.2, 0.25) is 0 Å². The maximum atomic E-state index is 14.2. The summed E-state index contributed by atoms with van der Waals surface area (Å²) in [5.41, 5.74) is 2.03. The molecule has 0 heterocycles. The number of carbonyl (C=O) groups excluding carboxylic acids is 1. The topological polar surface area (TPSA) is 111 Å². The Bertz CT molecular complexity index is 1560. The van der Waals surface area contributed by atoms with Gasteiger partial charge in [0.25, 0.3) is 0 Å². The minimum atomic E-state index is -4.85. The average Bonchev–Trinajstić information content (AvgIpc) is 2.92. The van der Waals surface area contributed by atoms with Crippen molar-refractivity contribution in [2.75, 3.05) is 31.9 Å². The zero-order chi connectivity index (χ0) is 30.7. The van der Waals surface area contributed by atoms with Crippen molar-refractivity contribution in [2.24, 2.45) is 5.92 Å². The Morgan fingerprint density at radius 1 is 1.10 bits per heavy atom. The van der Waals surface area contributed by atoms with Crippen LogP contribution in [0.4, 0.5) is 18.9 Å². The molecule has 2 unspecified atom stereocenters. The number of alkyl halides is 3. The molecule has 4 rings (SSSR count). The first kappa shape index (κ1) is 31.5. The lowest BCUT2D eigenvalue weighted by molar-refractivity contribution is -0.274. The molecular weight excluding hydrogens is 599 g/mol. The van der Waals surface area contributed by atoms with Crippen LogP contribution in [0.3, 0.4) is 0 Å². The number of anilines is 1. The van der Waals surface area contributed by atoms with E-state index in [1.54, 1.807) is 18.2 Å². The molecule has 1 aliphatic carbocycles. The monoisotopic (exact) mass is 627 g/mol. The summed E-state index contributed by atoms with van der Waals surface area (Å²) in [6.07, 6.45) is -2.76. The number of hydrogen-bond donors (Lipinski definition) is 2. The first-order valence-electron chi connectivity index (χ1n) is 12.9. The molecule has 0 fully saturated rings. The summed E-state index contributed by atoms with van der Waals surface area (Å²) >= 11 is 6.19. The van der Waals surface area contributed by atoms with Gasteiger partial charge in [0.1, 0.15) is 29.9 Å². The SMILES string of the molecule is COc1cc(NC(C(=O)C2CCc3ccc(OC(F)(F)F)cc3C2)c2ccc(Cl)cc2OCCO)cc(S(C)(=O)=O)c1. The largest absolute Gasteiger partial charge is 0.573 e. The molecule has 0 aromatic heterocycles. The Morgan fingerprint density at radius 3 is 2.52 bits per heavy atom. The van der Waals surface area contributed by atoms with Crippen LogP contribution in [-0.2, 0) is 27.5 Å². The van der Waals surface area contributed by atoms with E-state index in [1.807, 2.05) is 0 Å². The average molecular weight is 628 g/mol. The normalized spacial score (nSPS) is 15.8. The number of ether oxygens (including phenoxy) is 3. The number of sulfone groups is 1. The highest BCUT2D eigenvalue weighted by molar-refractivity contribution is 7.90. The minimum absolute atomic E-state index is 0.0350. The van der Waals surface area contributed by atoms with E-state index in [2.05, 4.69) is 10.1 Å². The Hall–Kier alpha value is -3.48. The molecule has 0 amide bonds. The van der Waals surface area contributed by atoms with Crippen molar-refractivity contribution in [1.29, 1.82) is 0 Å². The third-order valence-corrected chi connectivity index (χ3v) is 8.14. The summed E-state index contributed by atoms with van der Waals surface area (Å²) < 4.78 is 78.2. The number of methoxy groups -OCH3 is 1. The van der Waals surface area contributed by atoms with Gasteiger partial charge in [0.05, 0.1) is 18.6 Å². The molecule has 0 saturated carbocycles. The lowest BCUT2D eigenvalue weighted by Gasteiger charge is -2.29. The number of rotatable bonds is 11. The van der Waals surface area contributed by atoms with Crippen molar-refractivity contribution in [2.45, 2.75) is 36.6 Å². The van der Waals surface area contributed by atoms with Crippen molar-refractivity contribution in [3.8, 4) is 17.2 Å². The third kappa shape index (κ3) is 7.87. The van der Waals surface area contributed by atoms with E-state index in [4.69, 9.17) is 21.1 Å². The predicted octanol–water partition coefficient (Wildman–Crippen LogP) is 5.55. The second-order valence-electron chi connectivity index (χ2n) is 9.82. The molecule has 3 aromatic carbocycles. The summed E-state index contributed by atoms with van der Waals surface area (Å²) in [4.78, 5) is 14.2. The van der Waals surface area contributed by atoms with E-state index in [-0.39, 0.29) is 53.2 Å². The van der Waals surface area contributed by atoms with Gasteiger partial charge in [-0.25, -0.2) is 8.42 Å². The minimum Gasteiger partial charge on any atom is -0.497 e. The number of fused-ring (bicyclic) bond motifs is 1. The van der Waals surface area contributed by atoms with E-state index in [0.29, 0.717) is 29.0 Å². The number of carbonyl (C=O) groups is 1. The van der Waals surface area contributed by atoms with Gasteiger partial charge < -0.3 is 24.6 Å². The van der Waals surface area contributed by atoms with Crippen molar-refractivity contribution < 1.29 is 45.7 Å². The Kier molecular flexibility index (Phi) is 9.59. The molecule has 42 heavy (non-hydrogen) atoms.